The molecule has 1 aliphatic rings. The van der Waals surface area contributed by atoms with Crippen LogP contribution in [0.5, 0.6) is 0 Å². The van der Waals surface area contributed by atoms with Gasteiger partial charge in [0.05, 0.1) is 9.21 Å². The summed E-state index contributed by atoms with van der Waals surface area (Å²) in [5.74, 6) is 0.0591. The normalized spacial score (nSPS) is 14.9. The molecule has 0 atom stereocenters. The Morgan fingerprint density at radius 3 is 2.88 bits per heavy atom. The Bertz CT molecular complexity index is 959. The molecule has 2 aromatic heterocycles. The minimum atomic E-state index is 0.0591. The predicted octanol–water partition coefficient (Wildman–Crippen LogP) is 5.57. The number of benzene rings is 1. The van der Waals surface area contributed by atoms with Crippen molar-refractivity contribution in [2.24, 2.45) is 0 Å². The number of nitrogens with one attached hydrogen (secondary N) is 1. The standard InChI is InChI=1S/C18H14BrClN2OS/c19-12-1-2-15-13(9-12)14(10-21-15)11-5-7-22(8-6-11)18(23)16-3-4-17(20)24-16/h1-5,9-10,21H,6-8H2. The summed E-state index contributed by atoms with van der Waals surface area (Å²) in [5, 5.41) is 1.21. The fourth-order valence-corrected chi connectivity index (χ4v) is 4.41. The van der Waals surface area contributed by atoms with E-state index in [2.05, 4.69) is 45.3 Å². The van der Waals surface area contributed by atoms with Crippen molar-refractivity contribution in [1.29, 1.82) is 0 Å². The molecule has 3 aromatic rings. The molecule has 0 saturated heterocycles. The van der Waals surface area contributed by atoms with Crippen LogP contribution in [0.4, 0.5) is 0 Å². The van der Waals surface area contributed by atoms with Crippen LogP contribution in [0.2, 0.25) is 4.34 Å². The molecule has 0 spiro atoms. The topological polar surface area (TPSA) is 36.1 Å². The number of aromatic nitrogens is 1. The van der Waals surface area contributed by atoms with Gasteiger partial charge in [0, 0.05) is 40.2 Å². The highest BCUT2D eigenvalue weighted by atomic mass is 79.9. The molecule has 3 heterocycles. The Morgan fingerprint density at radius 2 is 2.17 bits per heavy atom. The van der Waals surface area contributed by atoms with Gasteiger partial charge in [-0.25, -0.2) is 0 Å². The van der Waals surface area contributed by atoms with Crippen molar-refractivity contribution in [3.63, 3.8) is 0 Å². The lowest BCUT2D eigenvalue weighted by Gasteiger charge is -2.26. The van der Waals surface area contributed by atoms with Crippen LogP contribution in [0.3, 0.4) is 0 Å². The second-order valence-electron chi connectivity index (χ2n) is 5.73. The maximum Gasteiger partial charge on any atom is 0.264 e. The second kappa shape index (κ2) is 6.39. The summed E-state index contributed by atoms with van der Waals surface area (Å²) < 4.78 is 1.72. The number of carbonyl (C=O) groups is 1. The number of carbonyl (C=O) groups excluding carboxylic acids is 1. The average molecular weight is 422 g/mol. The molecule has 0 fully saturated rings. The van der Waals surface area contributed by atoms with Gasteiger partial charge in [0.1, 0.15) is 0 Å². The Morgan fingerprint density at radius 1 is 1.29 bits per heavy atom. The molecule has 1 aliphatic heterocycles. The van der Waals surface area contributed by atoms with Gasteiger partial charge in [-0.15, -0.1) is 11.3 Å². The Labute approximate surface area is 157 Å². The molecule has 3 nitrogen and oxygen atoms in total. The Kier molecular flexibility index (Phi) is 4.24. The van der Waals surface area contributed by atoms with Gasteiger partial charge >= 0.3 is 0 Å². The Balaban J connectivity index is 1.58. The van der Waals surface area contributed by atoms with Crippen molar-refractivity contribution >= 4 is 61.3 Å². The summed E-state index contributed by atoms with van der Waals surface area (Å²) in [6.07, 6.45) is 5.06. The molecular formula is C18H14BrClN2OS. The van der Waals surface area contributed by atoms with E-state index >= 15 is 0 Å². The zero-order chi connectivity index (χ0) is 16.7. The lowest BCUT2D eigenvalue weighted by atomic mass is 9.99. The van der Waals surface area contributed by atoms with E-state index in [-0.39, 0.29) is 5.91 Å². The maximum absolute atomic E-state index is 12.5. The van der Waals surface area contributed by atoms with Crippen molar-refractivity contribution in [3.05, 3.63) is 61.9 Å². The molecule has 6 heteroatoms. The largest absolute Gasteiger partial charge is 0.361 e. The van der Waals surface area contributed by atoms with Gasteiger partial charge in [-0.1, -0.05) is 33.6 Å². The molecule has 1 amide bonds. The van der Waals surface area contributed by atoms with Crippen LogP contribution < -0.4 is 0 Å². The van der Waals surface area contributed by atoms with E-state index in [0.717, 1.165) is 23.0 Å². The summed E-state index contributed by atoms with van der Waals surface area (Å²) in [6, 6.07) is 9.81. The number of hydrogen-bond donors (Lipinski definition) is 1. The first-order valence-electron chi connectivity index (χ1n) is 7.62. The number of aromatic amines is 1. The van der Waals surface area contributed by atoms with Gasteiger partial charge in [0.25, 0.3) is 5.91 Å². The van der Waals surface area contributed by atoms with Crippen molar-refractivity contribution < 1.29 is 4.79 Å². The first kappa shape index (κ1) is 15.9. The van der Waals surface area contributed by atoms with Crippen LogP contribution in [0.25, 0.3) is 16.5 Å². The smallest absolute Gasteiger partial charge is 0.264 e. The molecule has 0 aliphatic carbocycles. The van der Waals surface area contributed by atoms with E-state index in [1.165, 1.54) is 27.9 Å². The molecule has 1 aromatic carbocycles. The average Bonchev–Trinajstić information content (AvgIpc) is 3.20. The van der Waals surface area contributed by atoms with Gasteiger partial charge in [0.2, 0.25) is 0 Å². The lowest BCUT2D eigenvalue weighted by molar-refractivity contribution is 0.0777. The third kappa shape index (κ3) is 2.92. The summed E-state index contributed by atoms with van der Waals surface area (Å²) in [5.41, 5.74) is 3.63. The number of halogens is 2. The first-order valence-corrected chi connectivity index (χ1v) is 9.61. The zero-order valence-corrected chi connectivity index (χ0v) is 15.8. The number of nitrogens with zero attached hydrogens (tertiary/aromatic N) is 1. The second-order valence-corrected chi connectivity index (χ2v) is 8.36. The number of H-pyrrole nitrogens is 1. The Hall–Kier alpha value is -1.56. The molecule has 0 saturated carbocycles. The molecule has 0 bridgehead atoms. The minimum absolute atomic E-state index is 0.0591. The fourth-order valence-electron chi connectivity index (χ4n) is 3.04. The van der Waals surface area contributed by atoms with Crippen LogP contribution >= 0.6 is 38.9 Å². The van der Waals surface area contributed by atoms with Crippen molar-refractivity contribution in [2.45, 2.75) is 6.42 Å². The lowest BCUT2D eigenvalue weighted by Crippen LogP contribution is -2.34. The highest BCUT2D eigenvalue weighted by Gasteiger charge is 2.21. The number of hydrogen-bond acceptors (Lipinski definition) is 2. The monoisotopic (exact) mass is 420 g/mol. The number of thiophene rings is 1. The van der Waals surface area contributed by atoms with E-state index in [1.807, 2.05) is 11.0 Å². The van der Waals surface area contributed by atoms with Crippen molar-refractivity contribution in [1.82, 2.24) is 9.88 Å². The van der Waals surface area contributed by atoms with Gasteiger partial charge in [-0.2, -0.15) is 0 Å². The number of rotatable bonds is 2. The fraction of sp³-hybridized carbons (Fsp3) is 0.167. The van der Waals surface area contributed by atoms with Crippen LogP contribution in [-0.4, -0.2) is 28.9 Å². The third-order valence-electron chi connectivity index (χ3n) is 4.27. The van der Waals surface area contributed by atoms with Crippen LogP contribution in [0, 0.1) is 0 Å². The summed E-state index contributed by atoms with van der Waals surface area (Å²) in [4.78, 5) is 18.4. The summed E-state index contributed by atoms with van der Waals surface area (Å²) in [7, 11) is 0. The van der Waals surface area contributed by atoms with Gasteiger partial charge < -0.3 is 9.88 Å². The van der Waals surface area contributed by atoms with E-state index in [9.17, 15) is 4.79 Å². The zero-order valence-electron chi connectivity index (χ0n) is 12.7. The van der Waals surface area contributed by atoms with E-state index in [4.69, 9.17) is 11.6 Å². The van der Waals surface area contributed by atoms with Crippen LogP contribution in [0.1, 0.15) is 21.7 Å². The SMILES string of the molecule is O=C(c1ccc(Cl)s1)N1CC=C(c2c[nH]c3ccc(Br)cc23)CC1. The van der Waals surface area contributed by atoms with E-state index in [0.29, 0.717) is 15.8 Å². The number of amides is 1. The van der Waals surface area contributed by atoms with Crippen molar-refractivity contribution in [3.8, 4) is 0 Å². The van der Waals surface area contributed by atoms with Crippen LogP contribution in [0.15, 0.2) is 47.1 Å². The quantitative estimate of drug-likeness (QED) is 0.576. The van der Waals surface area contributed by atoms with Crippen molar-refractivity contribution in [2.75, 3.05) is 13.1 Å². The molecule has 24 heavy (non-hydrogen) atoms. The minimum Gasteiger partial charge on any atom is -0.361 e. The van der Waals surface area contributed by atoms with Gasteiger partial charge in [0.15, 0.2) is 0 Å². The van der Waals surface area contributed by atoms with E-state index < -0.39 is 0 Å². The highest BCUT2D eigenvalue weighted by Crippen LogP contribution is 2.31. The molecule has 0 radical (unpaired) electrons. The first-order chi connectivity index (χ1) is 11.6. The molecule has 4 rings (SSSR count). The summed E-state index contributed by atoms with van der Waals surface area (Å²) >= 11 is 10.8. The molecule has 1 N–H and O–H groups in total. The highest BCUT2D eigenvalue weighted by molar-refractivity contribution is 9.10. The molecular weight excluding hydrogens is 408 g/mol. The van der Waals surface area contributed by atoms with Gasteiger partial charge in [-0.05, 0) is 42.3 Å². The van der Waals surface area contributed by atoms with E-state index in [1.54, 1.807) is 12.1 Å². The molecule has 122 valence electrons. The maximum atomic E-state index is 12.5. The third-order valence-corrected chi connectivity index (χ3v) is 5.98. The number of fused-ring (bicyclic) bond motifs is 1. The summed E-state index contributed by atoms with van der Waals surface area (Å²) in [6.45, 7) is 1.35. The predicted molar refractivity (Wildman–Crippen MR) is 104 cm³/mol. The van der Waals surface area contributed by atoms with Gasteiger partial charge in [-0.3, -0.25) is 4.79 Å². The van der Waals surface area contributed by atoms with Crippen LogP contribution in [-0.2, 0) is 0 Å². The molecule has 0 unspecified atom stereocenters.